The second-order valence-electron chi connectivity index (χ2n) is 5.82. The number of carboxylic acids is 1. The topological polar surface area (TPSA) is 146 Å². The molecule has 9 heteroatoms. The number of hydrogen-bond donors (Lipinski definition) is 2. The molecule has 0 radical (unpaired) electrons. The van der Waals surface area contributed by atoms with Crippen molar-refractivity contribution in [1.29, 1.82) is 5.26 Å². The zero-order valence-electron chi connectivity index (χ0n) is 15.1. The third-order valence-electron chi connectivity index (χ3n) is 4.18. The Bertz CT molecular complexity index is 1140. The van der Waals surface area contributed by atoms with Crippen molar-refractivity contribution in [2.24, 2.45) is 5.10 Å². The van der Waals surface area contributed by atoms with E-state index in [1.807, 2.05) is 0 Å². The van der Waals surface area contributed by atoms with Crippen LogP contribution in [0.4, 0.5) is 5.69 Å². The summed E-state index contributed by atoms with van der Waals surface area (Å²) in [7, 11) is 0. The molecule has 9 nitrogen and oxygen atoms in total. The molecule has 144 valence electrons. The lowest BCUT2D eigenvalue weighted by molar-refractivity contribution is -0.134. The van der Waals surface area contributed by atoms with E-state index in [-0.39, 0.29) is 40.1 Å². The molecule has 2 N–H and O–H groups in total. The van der Waals surface area contributed by atoms with Gasteiger partial charge in [-0.05, 0) is 19.1 Å². The van der Waals surface area contributed by atoms with Crippen molar-refractivity contribution in [1.82, 2.24) is 0 Å². The van der Waals surface area contributed by atoms with Gasteiger partial charge in [0.05, 0.1) is 23.4 Å². The number of hydrazone groups is 1. The van der Waals surface area contributed by atoms with Crippen LogP contribution in [0.15, 0.2) is 41.5 Å². The first-order valence-corrected chi connectivity index (χ1v) is 8.40. The predicted octanol–water partition coefficient (Wildman–Crippen LogP) is 2.01. The number of nitriles is 1. The van der Waals surface area contributed by atoms with Crippen LogP contribution in [0.25, 0.3) is 0 Å². The number of nitrogens with one attached hydrogen (secondary N) is 1. The molecule has 1 aliphatic rings. The molecule has 3 rings (SSSR count). The van der Waals surface area contributed by atoms with E-state index in [1.165, 1.54) is 31.2 Å². The number of benzene rings is 2. The van der Waals surface area contributed by atoms with Crippen LogP contribution in [-0.4, -0.2) is 40.9 Å². The van der Waals surface area contributed by atoms with Crippen LogP contribution in [-0.2, 0) is 9.53 Å². The highest BCUT2D eigenvalue weighted by molar-refractivity contribution is 6.43. The second-order valence-corrected chi connectivity index (χ2v) is 5.82. The molecule has 0 fully saturated rings. The summed E-state index contributed by atoms with van der Waals surface area (Å²) in [6.07, 6.45) is 0. The molecule has 2 aromatic carbocycles. The number of anilines is 1. The standard InChI is InChI=1S/C20H13N3O6/c1-2-29-20(28)14(9-21)22-23-16-13(19(26)27)8-7-12-15(16)18(25)11-6-4-3-5-10(11)17(12)24/h3-8,23H,2H2,1H3,(H,26,27)/b22-14-. The maximum Gasteiger partial charge on any atom is 0.369 e. The molecule has 0 spiro atoms. The molecular formula is C20H13N3O6. The van der Waals surface area contributed by atoms with Crippen molar-refractivity contribution in [3.63, 3.8) is 0 Å². The second kappa shape index (κ2) is 7.74. The number of hydrogen-bond acceptors (Lipinski definition) is 8. The van der Waals surface area contributed by atoms with Crippen LogP contribution < -0.4 is 5.43 Å². The van der Waals surface area contributed by atoms with Crippen LogP contribution in [0.1, 0.15) is 49.1 Å². The van der Waals surface area contributed by atoms with Crippen molar-refractivity contribution in [2.75, 3.05) is 12.0 Å². The normalized spacial score (nSPS) is 12.5. The Labute approximate surface area is 164 Å². The van der Waals surface area contributed by atoms with Gasteiger partial charge < -0.3 is 9.84 Å². The molecule has 0 bridgehead atoms. The summed E-state index contributed by atoms with van der Waals surface area (Å²) in [5.74, 6) is -3.44. The van der Waals surface area contributed by atoms with Gasteiger partial charge in [-0.1, -0.05) is 24.3 Å². The lowest BCUT2D eigenvalue weighted by Gasteiger charge is -2.21. The van der Waals surface area contributed by atoms with Crippen LogP contribution in [0, 0.1) is 11.3 Å². The van der Waals surface area contributed by atoms with E-state index in [1.54, 1.807) is 12.1 Å². The maximum atomic E-state index is 13.0. The van der Waals surface area contributed by atoms with Crippen molar-refractivity contribution in [2.45, 2.75) is 6.92 Å². The lowest BCUT2D eigenvalue weighted by atomic mass is 9.82. The zero-order valence-corrected chi connectivity index (χ0v) is 15.1. The number of carboxylic acid groups (broad SMARTS) is 1. The van der Waals surface area contributed by atoms with Crippen molar-refractivity contribution in [3.8, 4) is 6.07 Å². The number of ether oxygens (including phenoxy) is 1. The Morgan fingerprint density at radius 3 is 2.34 bits per heavy atom. The van der Waals surface area contributed by atoms with Gasteiger partial charge in [-0.3, -0.25) is 15.0 Å². The number of carbonyl (C=O) groups is 4. The monoisotopic (exact) mass is 391 g/mol. The molecule has 0 unspecified atom stereocenters. The molecule has 0 amide bonds. The quantitative estimate of drug-likeness (QED) is 0.381. The molecule has 1 aliphatic carbocycles. The largest absolute Gasteiger partial charge is 0.478 e. The fourth-order valence-electron chi connectivity index (χ4n) is 2.91. The van der Waals surface area contributed by atoms with Gasteiger partial charge >= 0.3 is 11.9 Å². The van der Waals surface area contributed by atoms with E-state index in [4.69, 9.17) is 5.26 Å². The highest BCUT2D eigenvalue weighted by Gasteiger charge is 2.33. The maximum absolute atomic E-state index is 13.0. The fraction of sp³-hybridized carbons (Fsp3) is 0.100. The van der Waals surface area contributed by atoms with Crippen molar-refractivity contribution >= 4 is 34.9 Å². The molecule has 2 aromatic rings. The molecule has 0 saturated carbocycles. The number of ketones is 2. The van der Waals surface area contributed by atoms with Crippen LogP contribution in [0.2, 0.25) is 0 Å². The van der Waals surface area contributed by atoms with Gasteiger partial charge in [0.2, 0.25) is 5.71 Å². The highest BCUT2D eigenvalue weighted by atomic mass is 16.5. The average molecular weight is 391 g/mol. The van der Waals surface area contributed by atoms with E-state index < -0.39 is 29.2 Å². The number of rotatable bonds is 5. The van der Waals surface area contributed by atoms with Crippen molar-refractivity contribution in [3.05, 3.63) is 64.2 Å². The molecule has 29 heavy (non-hydrogen) atoms. The van der Waals surface area contributed by atoms with Gasteiger partial charge in [0.15, 0.2) is 11.6 Å². The smallest absolute Gasteiger partial charge is 0.369 e. The lowest BCUT2D eigenvalue weighted by Crippen LogP contribution is -2.24. The number of esters is 1. The van der Waals surface area contributed by atoms with E-state index in [0.717, 1.165) is 6.07 Å². The SMILES string of the molecule is CCOC(=O)/C(C#N)=N\Nc1c(C(=O)O)ccc2c1C(=O)c1ccccc1C2=O. The van der Waals surface area contributed by atoms with Gasteiger partial charge in [0, 0.05) is 16.7 Å². The highest BCUT2D eigenvalue weighted by Crippen LogP contribution is 2.34. The third-order valence-corrected chi connectivity index (χ3v) is 4.18. The summed E-state index contributed by atoms with van der Waals surface area (Å²) >= 11 is 0. The first-order chi connectivity index (χ1) is 13.9. The third kappa shape index (κ3) is 3.35. The summed E-state index contributed by atoms with van der Waals surface area (Å²) in [6.45, 7) is 1.54. The fourth-order valence-corrected chi connectivity index (χ4v) is 2.91. The minimum atomic E-state index is -1.39. The number of fused-ring (bicyclic) bond motifs is 2. The van der Waals surface area contributed by atoms with E-state index >= 15 is 0 Å². The van der Waals surface area contributed by atoms with Gasteiger partial charge in [0.25, 0.3) is 0 Å². The summed E-state index contributed by atoms with van der Waals surface area (Å²) in [6, 6.07) is 10.1. The summed E-state index contributed by atoms with van der Waals surface area (Å²) < 4.78 is 4.69. The van der Waals surface area contributed by atoms with Gasteiger partial charge in [0.1, 0.15) is 6.07 Å². The Balaban J connectivity index is 2.18. The summed E-state index contributed by atoms with van der Waals surface area (Å²) in [4.78, 5) is 49.2. The van der Waals surface area contributed by atoms with Gasteiger partial charge in [-0.25, -0.2) is 9.59 Å². The summed E-state index contributed by atoms with van der Waals surface area (Å²) in [5, 5.41) is 22.2. The van der Waals surface area contributed by atoms with Gasteiger partial charge in [-0.2, -0.15) is 10.4 Å². The van der Waals surface area contributed by atoms with Gasteiger partial charge in [-0.15, -0.1) is 0 Å². The van der Waals surface area contributed by atoms with Crippen molar-refractivity contribution < 1.29 is 29.0 Å². The van der Waals surface area contributed by atoms with E-state index in [0.29, 0.717) is 0 Å². The Morgan fingerprint density at radius 2 is 1.76 bits per heavy atom. The molecule has 0 atom stereocenters. The first kappa shape index (κ1) is 19.4. The van der Waals surface area contributed by atoms with Crippen LogP contribution in [0.5, 0.6) is 0 Å². The molecule has 0 heterocycles. The zero-order chi connectivity index (χ0) is 21.1. The first-order valence-electron chi connectivity index (χ1n) is 8.40. The summed E-state index contributed by atoms with van der Waals surface area (Å²) in [5.41, 5.74) is 1.10. The Kier molecular flexibility index (Phi) is 5.19. The number of nitrogens with zero attached hydrogens (tertiary/aromatic N) is 2. The molecular weight excluding hydrogens is 378 g/mol. The van der Waals surface area contributed by atoms with E-state index in [9.17, 15) is 24.3 Å². The minimum Gasteiger partial charge on any atom is -0.478 e. The van der Waals surface area contributed by atoms with Crippen LogP contribution >= 0.6 is 0 Å². The molecule has 0 aromatic heterocycles. The number of carbonyl (C=O) groups excluding carboxylic acids is 3. The number of aromatic carboxylic acids is 1. The van der Waals surface area contributed by atoms with E-state index in [2.05, 4.69) is 15.3 Å². The predicted molar refractivity (Wildman–Crippen MR) is 100 cm³/mol. The average Bonchev–Trinajstić information content (AvgIpc) is 2.72. The molecule has 0 saturated heterocycles. The molecule has 0 aliphatic heterocycles. The minimum absolute atomic E-state index is 0.00438. The Hall–Kier alpha value is -4.32. The van der Waals surface area contributed by atoms with Crippen LogP contribution in [0.3, 0.4) is 0 Å². The Morgan fingerprint density at radius 1 is 1.10 bits per heavy atom.